The van der Waals surface area contributed by atoms with Gasteiger partial charge in [0.25, 0.3) is 0 Å². The molecule has 4 rings (SSSR count). The first-order valence-corrected chi connectivity index (χ1v) is 6.47. The highest BCUT2D eigenvalue weighted by Gasteiger charge is 2.05. The molecule has 0 aliphatic carbocycles. The van der Waals surface area contributed by atoms with Crippen molar-refractivity contribution < 1.29 is 0 Å². The lowest BCUT2D eigenvalue weighted by Gasteiger charge is -2.05. The van der Waals surface area contributed by atoms with E-state index in [1.807, 2.05) is 30.5 Å². The van der Waals surface area contributed by atoms with Crippen molar-refractivity contribution in [2.45, 2.75) is 0 Å². The molecule has 0 radical (unpaired) electrons. The van der Waals surface area contributed by atoms with Gasteiger partial charge in [-0.2, -0.15) is 0 Å². The third-order valence-corrected chi connectivity index (χ3v) is 3.40. The predicted molar refractivity (Wildman–Crippen MR) is 80.3 cm³/mol. The summed E-state index contributed by atoms with van der Waals surface area (Å²) >= 11 is 0. The summed E-state index contributed by atoms with van der Waals surface area (Å²) in [4.78, 5) is 13.3. The Hall–Kier alpha value is -2.81. The van der Waals surface area contributed by atoms with Gasteiger partial charge in [-0.1, -0.05) is 36.4 Å². The van der Waals surface area contributed by atoms with Gasteiger partial charge in [0.05, 0.1) is 5.52 Å². The summed E-state index contributed by atoms with van der Waals surface area (Å²) in [6.07, 6.45) is 5.41. The zero-order valence-electron chi connectivity index (χ0n) is 10.7. The molecule has 2 aromatic carbocycles. The van der Waals surface area contributed by atoms with Crippen molar-refractivity contribution in [1.29, 1.82) is 0 Å². The van der Waals surface area contributed by atoms with Crippen LogP contribution < -0.4 is 0 Å². The maximum atomic E-state index is 4.72. The Labute approximate surface area is 116 Å². The van der Waals surface area contributed by atoms with E-state index in [9.17, 15) is 0 Å². The summed E-state index contributed by atoms with van der Waals surface area (Å²) in [5, 5.41) is 3.39. The fourth-order valence-electron chi connectivity index (χ4n) is 2.40. The summed E-state index contributed by atoms with van der Waals surface area (Å²) < 4.78 is 0. The smallest absolute Gasteiger partial charge is 0.161 e. The van der Waals surface area contributed by atoms with E-state index in [2.05, 4.69) is 34.2 Å². The Bertz CT molecular complexity index is 901. The number of nitrogens with zero attached hydrogens (tertiary/aromatic N) is 3. The first-order valence-electron chi connectivity index (χ1n) is 6.47. The number of hydrogen-bond acceptors (Lipinski definition) is 3. The minimum Gasteiger partial charge on any atom is -0.264 e. The Morgan fingerprint density at radius 3 is 2.55 bits per heavy atom. The highest BCUT2D eigenvalue weighted by atomic mass is 14.9. The van der Waals surface area contributed by atoms with E-state index in [-0.39, 0.29) is 0 Å². The van der Waals surface area contributed by atoms with Gasteiger partial charge < -0.3 is 0 Å². The second-order valence-corrected chi connectivity index (χ2v) is 4.66. The van der Waals surface area contributed by atoms with Gasteiger partial charge in [-0.3, -0.25) is 4.98 Å². The molecule has 0 fully saturated rings. The lowest BCUT2D eigenvalue weighted by Crippen LogP contribution is -1.91. The average Bonchev–Trinajstić information content (AvgIpc) is 2.55. The van der Waals surface area contributed by atoms with Gasteiger partial charge in [-0.05, 0) is 17.5 Å². The molecule has 0 aliphatic heterocycles. The molecule has 0 aliphatic rings. The van der Waals surface area contributed by atoms with Crippen molar-refractivity contribution in [3.05, 3.63) is 67.1 Å². The number of aromatic nitrogens is 3. The molecule has 94 valence electrons. The molecule has 0 saturated carbocycles. The second kappa shape index (κ2) is 4.38. The SMILES string of the molecule is c1cncc(-c2ncc3ccc4ccccc4c3n2)c1. The lowest BCUT2D eigenvalue weighted by atomic mass is 10.1. The summed E-state index contributed by atoms with van der Waals surface area (Å²) in [5.41, 5.74) is 1.92. The standard InChI is InChI=1S/C17H11N3/c1-2-6-15-12(4-1)7-8-13-11-19-17(20-16(13)15)14-5-3-9-18-10-14/h1-11H. The Balaban J connectivity index is 2.05. The second-order valence-electron chi connectivity index (χ2n) is 4.66. The molecule has 0 bridgehead atoms. The monoisotopic (exact) mass is 257 g/mol. The van der Waals surface area contributed by atoms with Crippen LogP contribution in [0.15, 0.2) is 67.1 Å². The van der Waals surface area contributed by atoms with Gasteiger partial charge in [0.15, 0.2) is 5.82 Å². The average molecular weight is 257 g/mol. The maximum absolute atomic E-state index is 4.72. The van der Waals surface area contributed by atoms with Crippen molar-refractivity contribution in [3.63, 3.8) is 0 Å². The predicted octanol–water partition coefficient (Wildman–Crippen LogP) is 3.85. The van der Waals surface area contributed by atoms with Crippen LogP contribution in [0.4, 0.5) is 0 Å². The van der Waals surface area contributed by atoms with Crippen LogP contribution >= 0.6 is 0 Å². The van der Waals surface area contributed by atoms with E-state index in [0.29, 0.717) is 5.82 Å². The van der Waals surface area contributed by atoms with Gasteiger partial charge >= 0.3 is 0 Å². The van der Waals surface area contributed by atoms with Crippen molar-refractivity contribution in [3.8, 4) is 11.4 Å². The van der Waals surface area contributed by atoms with Crippen molar-refractivity contribution in [1.82, 2.24) is 15.0 Å². The van der Waals surface area contributed by atoms with Crippen molar-refractivity contribution in [2.75, 3.05) is 0 Å². The van der Waals surface area contributed by atoms with Crippen LogP contribution in [0.25, 0.3) is 33.1 Å². The Morgan fingerprint density at radius 1 is 0.750 bits per heavy atom. The van der Waals surface area contributed by atoms with Crippen LogP contribution in [0.1, 0.15) is 0 Å². The number of hydrogen-bond donors (Lipinski definition) is 0. The van der Waals surface area contributed by atoms with Crippen LogP contribution in [-0.4, -0.2) is 15.0 Å². The van der Waals surface area contributed by atoms with Crippen LogP contribution in [0.2, 0.25) is 0 Å². The van der Waals surface area contributed by atoms with Crippen molar-refractivity contribution >= 4 is 21.7 Å². The fourth-order valence-corrected chi connectivity index (χ4v) is 2.40. The number of pyridine rings is 1. The Morgan fingerprint density at radius 2 is 1.65 bits per heavy atom. The zero-order chi connectivity index (χ0) is 13.4. The minimum atomic E-state index is 0.710. The topological polar surface area (TPSA) is 38.7 Å². The van der Waals surface area contributed by atoms with Crippen LogP contribution in [-0.2, 0) is 0 Å². The van der Waals surface area contributed by atoms with E-state index in [0.717, 1.165) is 21.9 Å². The third kappa shape index (κ3) is 1.72. The zero-order valence-corrected chi connectivity index (χ0v) is 10.7. The van der Waals surface area contributed by atoms with E-state index >= 15 is 0 Å². The summed E-state index contributed by atoms with van der Waals surface area (Å²) in [6, 6.07) is 16.3. The molecular formula is C17H11N3. The highest BCUT2D eigenvalue weighted by molar-refractivity contribution is 6.05. The number of benzene rings is 2. The fraction of sp³-hybridized carbons (Fsp3) is 0. The number of fused-ring (bicyclic) bond motifs is 3. The molecular weight excluding hydrogens is 246 g/mol. The molecule has 3 heteroatoms. The molecule has 0 N–H and O–H groups in total. The minimum absolute atomic E-state index is 0.710. The summed E-state index contributed by atoms with van der Waals surface area (Å²) in [6.45, 7) is 0. The molecule has 4 aromatic rings. The third-order valence-electron chi connectivity index (χ3n) is 3.40. The van der Waals surface area contributed by atoms with E-state index in [4.69, 9.17) is 4.98 Å². The van der Waals surface area contributed by atoms with Gasteiger partial charge in [0.1, 0.15) is 0 Å². The van der Waals surface area contributed by atoms with Crippen LogP contribution in [0.3, 0.4) is 0 Å². The van der Waals surface area contributed by atoms with Gasteiger partial charge in [-0.25, -0.2) is 9.97 Å². The maximum Gasteiger partial charge on any atom is 0.161 e. The molecule has 0 spiro atoms. The molecule has 2 heterocycles. The van der Waals surface area contributed by atoms with Crippen LogP contribution in [0.5, 0.6) is 0 Å². The van der Waals surface area contributed by atoms with Crippen molar-refractivity contribution in [2.24, 2.45) is 0 Å². The first kappa shape index (κ1) is 11.1. The first-order chi connectivity index (χ1) is 9.92. The van der Waals surface area contributed by atoms with E-state index in [1.54, 1.807) is 12.4 Å². The summed E-state index contributed by atoms with van der Waals surface area (Å²) in [7, 11) is 0. The number of rotatable bonds is 1. The normalized spacial score (nSPS) is 11.0. The van der Waals surface area contributed by atoms with E-state index < -0.39 is 0 Å². The largest absolute Gasteiger partial charge is 0.264 e. The van der Waals surface area contributed by atoms with Crippen LogP contribution in [0, 0.1) is 0 Å². The Kier molecular flexibility index (Phi) is 2.42. The molecule has 0 saturated heterocycles. The molecule has 20 heavy (non-hydrogen) atoms. The molecule has 2 aromatic heterocycles. The molecule has 0 atom stereocenters. The highest BCUT2D eigenvalue weighted by Crippen LogP contribution is 2.25. The van der Waals surface area contributed by atoms with Gasteiger partial charge in [0.2, 0.25) is 0 Å². The van der Waals surface area contributed by atoms with E-state index in [1.165, 1.54) is 5.39 Å². The van der Waals surface area contributed by atoms with Gasteiger partial charge in [-0.15, -0.1) is 0 Å². The summed E-state index contributed by atoms with van der Waals surface area (Å²) in [5.74, 6) is 0.710. The lowest BCUT2D eigenvalue weighted by molar-refractivity contribution is 1.21. The molecule has 3 nitrogen and oxygen atoms in total. The van der Waals surface area contributed by atoms with Gasteiger partial charge in [0, 0.05) is 34.9 Å². The quantitative estimate of drug-likeness (QED) is 0.486. The molecule has 0 amide bonds. The molecule has 0 unspecified atom stereocenters.